The van der Waals surface area contributed by atoms with E-state index in [-0.39, 0.29) is 6.54 Å². The number of carbonyl (C=O) groups excluding carboxylic acids is 2. The number of hydrogen-bond acceptors (Lipinski definition) is 5. The molecule has 0 aliphatic carbocycles. The van der Waals surface area contributed by atoms with E-state index in [4.69, 9.17) is 9.47 Å². The van der Waals surface area contributed by atoms with Crippen LogP contribution in [0.2, 0.25) is 0 Å². The number of rotatable bonds is 4. The van der Waals surface area contributed by atoms with E-state index < -0.39 is 17.9 Å². The molecule has 2 amide bonds. The van der Waals surface area contributed by atoms with Crippen molar-refractivity contribution in [1.82, 2.24) is 9.88 Å². The Hall–Kier alpha value is -3.00. The highest BCUT2D eigenvalue weighted by Gasteiger charge is 2.18. The molecule has 2 heterocycles. The highest BCUT2D eigenvalue weighted by molar-refractivity contribution is 6.39. The van der Waals surface area contributed by atoms with Crippen molar-refractivity contribution in [3.63, 3.8) is 0 Å². The Labute approximate surface area is 144 Å². The third-order valence-electron chi connectivity index (χ3n) is 3.79. The number of fused-ring (bicyclic) bond motifs is 1. The number of aryl methyl sites for hydroxylation is 1. The van der Waals surface area contributed by atoms with E-state index in [1.54, 1.807) is 48.1 Å². The second-order valence-electron chi connectivity index (χ2n) is 5.58. The molecule has 0 saturated carbocycles. The molecule has 3 rings (SSSR count). The third kappa shape index (κ3) is 3.92. The number of benzene rings is 1. The first kappa shape index (κ1) is 16.8. The van der Waals surface area contributed by atoms with Gasteiger partial charge in [-0.3, -0.25) is 9.59 Å². The molecule has 8 nitrogen and oxygen atoms in total. The lowest BCUT2D eigenvalue weighted by Crippen LogP contribution is -2.37. The molecule has 1 aromatic heterocycles. The maximum atomic E-state index is 12.0. The van der Waals surface area contributed by atoms with Crippen LogP contribution in [0.15, 0.2) is 36.5 Å². The highest BCUT2D eigenvalue weighted by Crippen LogP contribution is 2.32. The summed E-state index contributed by atoms with van der Waals surface area (Å²) in [6, 6.07) is 8.41. The summed E-state index contributed by atoms with van der Waals surface area (Å²) in [5.41, 5.74) is 1.07. The molecule has 0 radical (unpaired) electrons. The molecule has 1 aliphatic heterocycles. The van der Waals surface area contributed by atoms with E-state index in [9.17, 15) is 14.7 Å². The zero-order valence-electron chi connectivity index (χ0n) is 13.7. The topological polar surface area (TPSA) is 102 Å². The van der Waals surface area contributed by atoms with Gasteiger partial charge in [0.25, 0.3) is 0 Å². The average molecular weight is 345 g/mol. The molecule has 2 aromatic rings. The van der Waals surface area contributed by atoms with Crippen LogP contribution in [0.25, 0.3) is 0 Å². The first-order valence-corrected chi connectivity index (χ1v) is 7.82. The van der Waals surface area contributed by atoms with Gasteiger partial charge in [-0.05, 0) is 24.3 Å². The maximum absolute atomic E-state index is 12.0. The van der Waals surface area contributed by atoms with Gasteiger partial charge in [0, 0.05) is 37.2 Å². The first-order chi connectivity index (χ1) is 12.0. The van der Waals surface area contributed by atoms with Gasteiger partial charge in [-0.25, -0.2) is 0 Å². The number of aliphatic hydroxyl groups excluding tert-OH is 1. The van der Waals surface area contributed by atoms with Crippen molar-refractivity contribution < 1.29 is 24.2 Å². The van der Waals surface area contributed by atoms with Crippen LogP contribution >= 0.6 is 0 Å². The SMILES string of the molecule is Cn1cccc1[C@H](O)CNC(=O)C(=O)Nc1ccc2c(c1)OCCO2. The summed E-state index contributed by atoms with van der Waals surface area (Å²) in [5, 5.41) is 14.9. The van der Waals surface area contributed by atoms with Crippen molar-refractivity contribution in [3.8, 4) is 11.5 Å². The lowest BCUT2D eigenvalue weighted by atomic mass is 10.2. The molecule has 0 spiro atoms. The van der Waals surface area contributed by atoms with E-state index in [1.165, 1.54) is 0 Å². The van der Waals surface area contributed by atoms with Crippen LogP contribution in [0.5, 0.6) is 11.5 Å². The molecule has 0 bridgehead atoms. The van der Waals surface area contributed by atoms with Crippen LogP contribution in [0.3, 0.4) is 0 Å². The fourth-order valence-electron chi connectivity index (χ4n) is 2.50. The van der Waals surface area contributed by atoms with Gasteiger partial charge < -0.3 is 29.8 Å². The van der Waals surface area contributed by atoms with Gasteiger partial charge in [0.05, 0.1) is 0 Å². The molecule has 0 saturated heterocycles. The fourth-order valence-corrected chi connectivity index (χ4v) is 2.50. The summed E-state index contributed by atoms with van der Waals surface area (Å²) in [7, 11) is 1.79. The zero-order chi connectivity index (χ0) is 17.8. The van der Waals surface area contributed by atoms with Gasteiger partial charge >= 0.3 is 11.8 Å². The number of nitrogens with one attached hydrogen (secondary N) is 2. The van der Waals surface area contributed by atoms with Crippen molar-refractivity contribution in [1.29, 1.82) is 0 Å². The Morgan fingerprint density at radius 1 is 1.20 bits per heavy atom. The Bertz CT molecular complexity index is 786. The number of carbonyl (C=O) groups is 2. The molecular weight excluding hydrogens is 326 g/mol. The average Bonchev–Trinajstić information content (AvgIpc) is 3.05. The predicted octanol–water partition coefficient (Wildman–Crippen LogP) is 0.585. The fraction of sp³-hybridized carbons (Fsp3) is 0.294. The second kappa shape index (κ2) is 7.27. The molecule has 0 unspecified atom stereocenters. The van der Waals surface area contributed by atoms with Crippen molar-refractivity contribution in [2.45, 2.75) is 6.10 Å². The van der Waals surface area contributed by atoms with Gasteiger partial charge in [-0.15, -0.1) is 0 Å². The van der Waals surface area contributed by atoms with E-state index in [1.807, 2.05) is 0 Å². The minimum atomic E-state index is -0.897. The molecule has 1 atom stereocenters. The van der Waals surface area contributed by atoms with Crippen molar-refractivity contribution in [2.75, 3.05) is 25.1 Å². The number of hydrogen-bond donors (Lipinski definition) is 3. The minimum Gasteiger partial charge on any atom is -0.486 e. The highest BCUT2D eigenvalue weighted by atomic mass is 16.6. The first-order valence-electron chi connectivity index (χ1n) is 7.82. The smallest absolute Gasteiger partial charge is 0.313 e. The Balaban J connectivity index is 1.54. The van der Waals surface area contributed by atoms with Crippen LogP contribution in [0.1, 0.15) is 11.8 Å². The minimum absolute atomic E-state index is 0.0642. The molecule has 25 heavy (non-hydrogen) atoms. The molecule has 8 heteroatoms. The summed E-state index contributed by atoms with van der Waals surface area (Å²) >= 11 is 0. The molecule has 0 fully saturated rings. The van der Waals surface area contributed by atoms with Crippen LogP contribution in [0, 0.1) is 0 Å². The third-order valence-corrected chi connectivity index (χ3v) is 3.79. The summed E-state index contributed by atoms with van der Waals surface area (Å²) in [5.74, 6) is -0.540. The predicted molar refractivity (Wildman–Crippen MR) is 89.4 cm³/mol. The van der Waals surface area contributed by atoms with E-state index >= 15 is 0 Å². The quantitative estimate of drug-likeness (QED) is 0.704. The number of anilines is 1. The molecule has 1 aromatic carbocycles. The van der Waals surface area contributed by atoms with Gasteiger partial charge in [-0.2, -0.15) is 0 Å². The van der Waals surface area contributed by atoms with E-state index in [2.05, 4.69) is 10.6 Å². The number of aromatic nitrogens is 1. The van der Waals surface area contributed by atoms with E-state index in [0.717, 1.165) is 0 Å². The van der Waals surface area contributed by atoms with E-state index in [0.29, 0.717) is 36.1 Å². The summed E-state index contributed by atoms with van der Waals surface area (Å²) in [6.45, 7) is 0.845. The van der Waals surface area contributed by atoms with Crippen molar-refractivity contribution in [2.24, 2.45) is 7.05 Å². The molecular formula is C17H19N3O5. The van der Waals surface area contributed by atoms with Gasteiger partial charge in [0.15, 0.2) is 11.5 Å². The largest absolute Gasteiger partial charge is 0.486 e. The summed E-state index contributed by atoms with van der Waals surface area (Å²) in [6.07, 6.45) is 0.889. The lowest BCUT2D eigenvalue weighted by molar-refractivity contribution is -0.136. The Kier molecular flexibility index (Phi) is 4.90. The lowest BCUT2D eigenvalue weighted by Gasteiger charge is -2.19. The normalized spacial score (nSPS) is 13.8. The van der Waals surface area contributed by atoms with Gasteiger partial charge in [0.2, 0.25) is 0 Å². The maximum Gasteiger partial charge on any atom is 0.313 e. The van der Waals surface area contributed by atoms with Crippen LogP contribution in [-0.4, -0.2) is 41.2 Å². The van der Waals surface area contributed by atoms with Crippen molar-refractivity contribution >= 4 is 17.5 Å². The second-order valence-corrected chi connectivity index (χ2v) is 5.58. The molecule has 3 N–H and O–H groups in total. The van der Waals surface area contributed by atoms with Gasteiger partial charge in [0.1, 0.15) is 19.3 Å². The number of nitrogens with zero attached hydrogens (tertiary/aromatic N) is 1. The zero-order valence-corrected chi connectivity index (χ0v) is 13.7. The number of ether oxygens (including phenoxy) is 2. The van der Waals surface area contributed by atoms with Crippen LogP contribution < -0.4 is 20.1 Å². The number of amides is 2. The standard InChI is InChI=1S/C17H19N3O5/c1-20-6-2-3-12(20)13(21)10-18-16(22)17(23)19-11-4-5-14-15(9-11)25-8-7-24-14/h2-6,9,13,21H,7-8,10H2,1H3,(H,18,22)(H,19,23)/t13-/m1/s1. The monoisotopic (exact) mass is 345 g/mol. The van der Waals surface area contributed by atoms with Gasteiger partial charge in [-0.1, -0.05) is 0 Å². The van der Waals surface area contributed by atoms with Crippen molar-refractivity contribution in [3.05, 3.63) is 42.2 Å². The number of aliphatic hydroxyl groups is 1. The Morgan fingerprint density at radius 3 is 2.68 bits per heavy atom. The molecule has 1 aliphatic rings. The molecule has 132 valence electrons. The summed E-state index contributed by atoms with van der Waals surface area (Å²) < 4.78 is 12.6. The van der Waals surface area contributed by atoms with Crippen LogP contribution in [-0.2, 0) is 16.6 Å². The summed E-state index contributed by atoms with van der Waals surface area (Å²) in [4.78, 5) is 23.9. The van der Waals surface area contributed by atoms with Crippen LogP contribution in [0.4, 0.5) is 5.69 Å². The Morgan fingerprint density at radius 2 is 1.96 bits per heavy atom.